The Balaban J connectivity index is 2.64. The van der Waals surface area contributed by atoms with E-state index < -0.39 is 5.56 Å². The maximum absolute atomic E-state index is 11.5. The zero-order chi connectivity index (χ0) is 11.7. The molecule has 0 unspecified atom stereocenters. The number of hydrogen-bond acceptors (Lipinski definition) is 6. The quantitative estimate of drug-likeness (QED) is 0.673. The van der Waals surface area contributed by atoms with Crippen molar-refractivity contribution in [3.8, 4) is 0 Å². The third-order valence-electron chi connectivity index (χ3n) is 1.96. The van der Waals surface area contributed by atoms with E-state index in [4.69, 9.17) is 10.5 Å². The Kier molecular flexibility index (Phi) is 2.41. The Hall–Kier alpha value is -2.22. The van der Waals surface area contributed by atoms with Gasteiger partial charge in [0, 0.05) is 7.11 Å². The molecule has 8 nitrogen and oxygen atoms in total. The molecule has 84 valence electrons. The Morgan fingerprint density at radius 1 is 1.69 bits per heavy atom. The minimum absolute atomic E-state index is 0.0653. The number of nitrogen functional groups attached to an aromatic ring is 1. The van der Waals surface area contributed by atoms with Crippen molar-refractivity contribution in [2.24, 2.45) is 0 Å². The van der Waals surface area contributed by atoms with E-state index in [0.29, 0.717) is 0 Å². The fraction of sp³-hybridized carbons (Fsp3) is 0.250. The number of aromatic nitrogens is 4. The fourth-order valence-electron chi connectivity index (χ4n) is 1.30. The second-order valence-corrected chi connectivity index (χ2v) is 3.06. The summed E-state index contributed by atoms with van der Waals surface area (Å²) in [5.41, 5.74) is 5.09. The topological polar surface area (TPSA) is 116 Å². The molecule has 0 fully saturated rings. The summed E-state index contributed by atoms with van der Waals surface area (Å²) in [7, 11) is 1.39. The second kappa shape index (κ2) is 3.74. The Morgan fingerprint density at radius 2 is 2.44 bits per heavy atom. The number of nitrogens with two attached hydrogens (primary N) is 1. The zero-order valence-electron chi connectivity index (χ0n) is 8.43. The SMILES string of the molecule is COCC(=O)n1cnc2c(=O)[nH]c(N)nc21. The number of anilines is 1. The van der Waals surface area contributed by atoms with Crippen molar-refractivity contribution in [2.75, 3.05) is 19.5 Å². The number of H-pyrrole nitrogens is 1. The summed E-state index contributed by atoms with van der Waals surface area (Å²) >= 11 is 0. The number of imidazole rings is 1. The van der Waals surface area contributed by atoms with Crippen molar-refractivity contribution in [3.63, 3.8) is 0 Å². The molecule has 0 saturated heterocycles. The number of rotatable bonds is 2. The summed E-state index contributed by atoms with van der Waals surface area (Å²) in [5.74, 6) is -0.438. The third kappa shape index (κ3) is 1.54. The molecule has 8 heteroatoms. The van der Waals surface area contributed by atoms with E-state index in [1.54, 1.807) is 0 Å². The van der Waals surface area contributed by atoms with E-state index in [1.165, 1.54) is 13.4 Å². The van der Waals surface area contributed by atoms with Crippen LogP contribution < -0.4 is 11.3 Å². The first kappa shape index (κ1) is 10.3. The summed E-state index contributed by atoms with van der Waals surface area (Å²) < 4.78 is 5.82. The molecule has 0 saturated carbocycles. The molecular formula is C8H9N5O3. The van der Waals surface area contributed by atoms with Gasteiger partial charge >= 0.3 is 0 Å². The van der Waals surface area contributed by atoms with E-state index in [2.05, 4.69) is 15.0 Å². The van der Waals surface area contributed by atoms with Crippen LogP contribution in [0.1, 0.15) is 4.79 Å². The number of fused-ring (bicyclic) bond motifs is 1. The van der Waals surface area contributed by atoms with Gasteiger partial charge in [-0.3, -0.25) is 19.1 Å². The lowest BCUT2D eigenvalue weighted by molar-refractivity contribution is 0.0766. The number of nitrogens with one attached hydrogen (secondary N) is 1. The van der Waals surface area contributed by atoms with E-state index in [-0.39, 0.29) is 29.6 Å². The van der Waals surface area contributed by atoms with Crippen LogP contribution in [0.5, 0.6) is 0 Å². The predicted octanol–water partition coefficient (Wildman–Crippen LogP) is -1.01. The molecule has 0 amide bonds. The van der Waals surface area contributed by atoms with Crippen LogP contribution in [0.15, 0.2) is 11.1 Å². The van der Waals surface area contributed by atoms with Crippen LogP contribution in [-0.4, -0.2) is 39.1 Å². The highest BCUT2D eigenvalue weighted by atomic mass is 16.5. The molecule has 0 atom stereocenters. The standard InChI is InChI=1S/C8H9N5O3/c1-16-2-4(14)13-3-10-5-6(13)11-8(9)12-7(5)15/h3H,2H2,1H3,(H3,9,11,12,15). The molecule has 2 rings (SSSR count). The minimum Gasteiger partial charge on any atom is -0.375 e. The van der Waals surface area contributed by atoms with Crippen LogP contribution in [0.25, 0.3) is 11.2 Å². The molecule has 0 aliphatic rings. The lowest BCUT2D eigenvalue weighted by Crippen LogP contribution is -2.18. The molecule has 0 radical (unpaired) electrons. The average molecular weight is 223 g/mol. The molecule has 3 N–H and O–H groups in total. The van der Waals surface area contributed by atoms with Gasteiger partial charge in [0.05, 0.1) is 0 Å². The van der Waals surface area contributed by atoms with E-state index in [9.17, 15) is 9.59 Å². The van der Waals surface area contributed by atoms with E-state index >= 15 is 0 Å². The maximum atomic E-state index is 11.5. The second-order valence-electron chi connectivity index (χ2n) is 3.06. The van der Waals surface area contributed by atoms with Gasteiger partial charge in [-0.25, -0.2) is 4.98 Å². The normalized spacial score (nSPS) is 10.8. The van der Waals surface area contributed by atoms with Gasteiger partial charge < -0.3 is 10.5 Å². The number of nitrogens with zero attached hydrogens (tertiary/aromatic N) is 3. The van der Waals surface area contributed by atoms with E-state index in [0.717, 1.165) is 4.57 Å². The van der Waals surface area contributed by atoms with Gasteiger partial charge in [0.25, 0.3) is 11.5 Å². The first-order chi connectivity index (χ1) is 7.63. The molecule has 0 bridgehead atoms. The maximum Gasteiger partial charge on any atom is 0.280 e. The highest BCUT2D eigenvalue weighted by Gasteiger charge is 2.13. The van der Waals surface area contributed by atoms with E-state index in [1.807, 2.05) is 0 Å². The smallest absolute Gasteiger partial charge is 0.280 e. The zero-order valence-corrected chi connectivity index (χ0v) is 8.43. The monoisotopic (exact) mass is 223 g/mol. The molecule has 0 spiro atoms. The lowest BCUT2D eigenvalue weighted by atomic mass is 10.5. The molecule has 2 heterocycles. The van der Waals surface area contributed by atoms with Gasteiger partial charge in [0.15, 0.2) is 11.2 Å². The van der Waals surface area contributed by atoms with Crippen molar-refractivity contribution in [3.05, 3.63) is 16.7 Å². The highest BCUT2D eigenvalue weighted by Crippen LogP contribution is 2.05. The molecule has 2 aromatic heterocycles. The fourth-order valence-corrected chi connectivity index (χ4v) is 1.30. The number of aromatic amines is 1. The lowest BCUT2D eigenvalue weighted by Gasteiger charge is -2.00. The Labute approximate surface area is 89.1 Å². The van der Waals surface area contributed by atoms with Gasteiger partial charge in [-0.2, -0.15) is 4.98 Å². The van der Waals surface area contributed by atoms with Crippen LogP contribution in [0.2, 0.25) is 0 Å². The number of ether oxygens (including phenoxy) is 1. The highest BCUT2D eigenvalue weighted by molar-refractivity contribution is 5.88. The van der Waals surface area contributed by atoms with Crippen LogP contribution in [-0.2, 0) is 4.74 Å². The predicted molar refractivity (Wildman–Crippen MR) is 55.1 cm³/mol. The average Bonchev–Trinajstić information content (AvgIpc) is 2.61. The van der Waals surface area contributed by atoms with Crippen LogP contribution in [0.4, 0.5) is 5.95 Å². The molecule has 2 aromatic rings. The van der Waals surface area contributed by atoms with Crippen LogP contribution >= 0.6 is 0 Å². The number of hydrogen-bond donors (Lipinski definition) is 2. The van der Waals surface area contributed by atoms with Crippen LogP contribution in [0.3, 0.4) is 0 Å². The number of methoxy groups -OCH3 is 1. The Bertz CT molecular complexity index is 599. The van der Waals surface area contributed by atoms with Gasteiger partial charge in [-0.05, 0) is 0 Å². The number of carbonyl (C=O) groups excluding carboxylic acids is 1. The largest absolute Gasteiger partial charge is 0.375 e. The van der Waals surface area contributed by atoms with Crippen molar-refractivity contribution in [1.82, 2.24) is 19.5 Å². The third-order valence-corrected chi connectivity index (χ3v) is 1.96. The summed E-state index contributed by atoms with van der Waals surface area (Å²) in [4.78, 5) is 32.9. The van der Waals surface area contributed by atoms with Gasteiger partial charge in [-0.1, -0.05) is 0 Å². The van der Waals surface area contributed by atoms with Crippen molar-refractivity contribution in [2.45, 2.75) is 0 Å². The van der Waals surface area contributed by atoms with Crippen molar-refractivity contribution < 1.29 is 9.53 Å². The molecule has 0 aliphatic heterocycles. The summed E-state index contributed by atoms with van der Waals surface area (Å²) in [5, 5.41) is 0. The number of carbonyl (C=O) groups is 1. The van der Waals surface area contributed by atoms with Gasteiger partial charge in [0.1, 0.15) is 12.9 Å². The van der Waals surface area contributed by atoms with Crippen molar-refractivity contribution in [1.29, 1.82) is 0 Å². The van der Waals surface area contributed by atoms with Gasteiger partial charge in [-0.15, -0.1) is 0 Å². The summed E-state index contributed by atoms with van der Waals surface area (Å²) in [6.07, 6.45) is 1.22. The summed E-state index contributed by atoms with van der Waals surface area (Å²) in [6, 6.07) is 0. The molecule has 16 heavy (non-hydrogen) atoms. The minimum atomic E-state index is -0.480. The molecular weight excluding hydrogens is 214 g/mol. The van der Waals surface area contributed by atoms with Crippen molar-refractivity contribution >= 4 is 23.0 Å². The summed E-state index contributed by atoms with van der Waals surface area (Å²) in [6.45, 7) is -0.125. The van der Waals surface area contributed by atoms with Crippen LogP contribution in [0, 0.1) is 0 Å². The first-order valence-electron chi connectivity index (χ1n) is 4.38. The van der Waals surface area contributed by atoms with Gasteiger partial charge in [0.2, 0.25) is 5.95 Å². The first-order valence-corrected chi connectivity index (χ1v) is 4.38. The molecule has 0 aliphatic carbocycles. The molecule has 0 aromatic carbocycles. The Morgan fingerprint density at radius 3 is 3.12 bits per heavy atom.